The van der Waals surface area contributed by atoms with Crippen LogP contribution in [0.25, 0.3) is 5.69 Å². The number of nitrogens with zero attached hydrogens (tertiary/aromatic N) is 3. The predicted molar refractivity (Wildman–Crippen MR) is 113 cm³/mol. The molecule has 2 aromatic heterocycles. The molecule has 0 spiro atoms. The summed E-state index contributed by atoms with van der Waals surface area (Å²) in [6.07, 6.45) is 5.01. The fourth-order valence-electron chi connectivity index (χ4n) is 3.78. The molecule has 27 heavy (non-hydrogen) atoms. The van der Waals surface area contributed by atoms with E-state index in [9.17, 15) is 0 Å². The molecular weight excluding hydrogens is 352 g/mol. The van der Waals surface area contributed by atoms with Gasteiger partial charge in [-0.2, -0.15) is 0 Å². The van der Waals surface area contributed by atoms with Gasteiger partial charge in [-0.25, -0.2) is 0 Å². The van der Waals surface area contributed by atoms with Gasteiger partial charge in [-0.15, -0.1) is 0 Å². The first-order valence-corrected chi connectivity index (χ1v) is 9.82. The summed E-state index contributed by atoms with van der Waals surface area (Å²) in [4.78, 5) is 6.91. The van der Waals surface area contributed by atoms with E-state index in [2.05, 4.69) is 82.3 Å². The fourth-order valence-corrected chi connectivity index (χ4v) is 4.12. The van der Waals surface area contributed by atoms with E-state index in [1.807, 2.05) is 18.3 Å². The summed E-state index contributed by atoms with van der Waals surface area (Å²) < 4.78 is 2.26. The van der Waals surface area contributed by atoms with Gasteiger partial charge >= 0.3 is 0 Å². The van der Waals surface area contributed by atoms with E-state index < -0.39 is 0 Å². The van der Waals surface area contributed by atoms with E-state index in [0.29, 0.717) is 0 Å². The number of rotatable bonds is 5. The van der Waals surface area contributed by atoms with Gasteiger partial charge in [-0.05, 0) is 62.0 Å². The summed E-state index contributed by atoms with van der Waals surface area (Å²) in [5, 5.41) is 4.31. The topological polar surface area (TPSA) is 33.1 Å². The molecule has 3 aromatic rings. The van der Waals surface area contributed by atoms with Gasteiger partial charge in [-0.1, -0.05) is 30.7 Å². The third-order valence-electron chi connectivity index (χ3n) is 5.06. The lowest BCUT2D eigenvalue weighted by molar-refractivity contribution is 0.309. The first kappa shape index (κ1) is 17.7. The maximum Gasteiger partial charge on any atom is 0.170 e. The van der Waals surface area contributed by atoms with Gasteiger partial charge in [0.05, 0.1) is 17.8 Å². The highest BCUT2D eigenvalue weighted by molar-refractivity contribution is 7.80. The zero-order valence-electron chi connectivity index (χ0n) is 15.7. The third kappa shape index (κ3) is 3.35. The summed E-state index contributed by atoms with van der Waals surface area (Å²) >= 11 is 5.69. The van der Waals surface area contributed by atoms with Crippen molar-refractivity contribution in [3.8, 4) is 5.69 Å². The maximum absolute atomic E-state index is 5.69. The van der Waals surface area contributed by atoms with Crippen LogP contribution in [0.1, 0.15) is 42.4 Å². The number of nitrogens with one attached hydrogen (secondary N) is 1. The van der Waals surface area contributed by atoms with Crippen molar-refractivity contribution in [2.24, 2.45) is 0 Å². The average Bonchev–Trinajstić information content (AvgIpc) is 3.28. The molecule has 5 heteroatoms. The molecule has 0 radical (unpaired) electrons. The van der Waals surface area contributed by atoms with Crippen LogP contribution in [0.5, 0.6) is 0 Å². The summed E-state index contributed by atoms with van der Waals surface area (Å²) in [7, 11) is 0. The minimum absolute atomic E-state index is 0.0318. The number of benzene rings is 1. The van der Waals surface area contributed by atoms with E-state index in [1.54, 1.807) is 0 Å². The minimum atomic E-state index is 0.0318. The monoisotopic (exact) mass is 376 g/mol. The lowest BCUT2D eigenvalue weighted by Gasteiger charge is -2.28. The van der Waals surface area contributed by atoms with E-state index >= 15 is 0 Å². The second-order valence-electron chi connectivity index (χ2n) is 6.96. The molecule has 0 unspecified atom stereocenters. The molecule has 1 saturated heterocycles. The Morgan fingerprint density at radius 3 is 2.59 bits per heavy atom. The van der Waals surface area contributed by atoms with Crippen molar-refractivity contribution in [3.05, 3.63) is 83.9 Å². The van der Waals surface area contributed by atoms with Crippen LogP contribution in [-0.2, 0) is 0 Å². The summed E-state index contributed by atoms with van der Waals surface area (Å²) in [6.45, 7) is 5.21. The van der Waals surface area contributed by atoms with Gasteiger partial charge in [0.2, 0.25) is 0 Å². The molecule has 4 rings (SSSR count). The first-order valence-electron chi connectivity index (χ1n) is 9.41. The van der Waals surface area contributed by atoms with Crippen LogP contribution < -0.4 is 5.32 Å². The van der Waals surface area contributed by atoms with Crippen molar-refractivity contribution in [3.63, 3.8) is 0 Å². The second kappa shape index (κ2) is 7.53. The minimum Gasteiger partial charge on any atom is -0.352 e. The quantitative estimate of drug-likeness (QED) is 0.662. The van der Waals surface area contributed by atoms with Crippen molar-refractivity contribution in [1.29, 1.82) is 0 Å². The number of thiocarbonyl (C=S) groups is 1. The molecule has 4 nitrogen and oxygen atoms in total. The number of hydrogen-bond acceptors (Lipinski definition) is 2. The van der Waals surface area contributed by atoms with Gasteiger partial charge in [0, 0.05) is 30.3 Å². The number of hydrogen-bond donors (Lipinski definition) is 1. The van der Waals surface area contributed by atoms with E-state index in [1.165, 1.54) is 11.3 Å². The van der Waals surface area contributed by atoms with Gasteiger partial charge in [-0.3, -0.25) is 4.98 Å². The summed E-state index contributed by atoms with van der Waals surface area (Å²) in [5.74, 6) is 0. The highest BCUT2D eigenvalue weighted by Crippen LogP contribution is 2.39. The average molecular weight is 377 g/mol. The van der Waals surface area contributed by atoms with Crippen molar-refractivity contribution >= 4 is 17.3 Å². The van der Waals surface area contributed by atoms with Crippen LogP contribution in [-0.4, -0.2) is 26.1 Å². The zero-order valence-corrected chi connectivity index (χ0v) is 16.5. The fraction of sp³-hybridized carbons (Fsp3) is 0.273. The molecule has 0 bridgehead atoms. The van der Waals surface area contributed by atoms with Crippen LogP contribution in [0, 0.1) is 6.92 Å². The van der Waals surface area contributed by atoms with E-state index in [0.717, 1.165) is 29.5 Å². The molecule has 0 aliphatic carbocycles. The van der Waals surface area contributed by atoms with Gasteiger partial charge in [0.25, 0.3) is 0 Å². The molecular formula is C22H24N4S. The Hall–Kier alpha value is -2.66. The van der Waals surface area contributed by atoms with Crippen LogP contribution in [0.4, 0.5) is 0 Å². The van der Waals surface area contributed by atoms with Crippen LogP contribution in [0.3, 0.4) is 0 Å². The summed E-state index contributed by atoms with van der Waals surface area (Å²) in [6, 6.07) is 19.1. The SMILES string of the molecule is CCCN1C(=S)N[C@H](c2ccccn2)[C@H]1c1cccn1-c1ccc(C)cc1. The highest BCUT2D eigenvalue weighted by Gasteiger charge is 2.40. The van der Waals surface area contributed by atoms with E-state index in [-0.39, 0.29) is 12.1 Å². The Bertz CT molecular complexity index is 917. The van der Waals surface area contributed by atoms with Crippen molar-refractivity contribution in [1.82, 2.24) is 19.8 Å². The molecule has 138 valence electrons. The molecule has 0 saturated carbocycles. The lowest BCUT2D eigenvalue weighted by Crippen LogP contribution is -2.31. The molecule has 1 N–H and O–H groups in total. The zero-order chi connectivity index (χ0) is 18.8. The predicted octanol–water partition coefficient (Wildman–Crippen LogP) is 4.56. The third-order valence-corrected chi connectivity index (χ3v) is 5.41. The molecule has 2 atom stereocenters. The van der Waals surface area contributed by atoms with Crippen molar-refractivity contribution in [2.45, 2.75) is 32.4 Å². The number of aryl methyl sites for hydroxylation is 1. The summed E-state index contributed by atoms with van der Waals surface area (Å²) in [5.41, 5.74) is 4.65. The highest BCUT2D eigenvalue weighted by atomic mass is 32.1. The van der Waals surface area contributed by atoms with Gasteiger partial charge < -0.3 is 14.8 Å². The first-order chi connectivity index (χ1) is 13.2. The number of pyridine rings is 1. The maximum atomic E-state index is 5.69. The standard InChI is InChI=1S/C22H24N4S/c1-3-14-26-21(20(24-22(26)27)18-7-4-5-13-23-18)19-8-6-15-25(19)17-11-9-16(2)10-12-17/h4-13,15,20-21H,3,14H2,1-2H3,(H,24,27)/t20-,21-/m1/s1. The van der Waals surface area contributed by atoms with Crippen LogP contribution in [0.15, 0.2) is 67.0 Å². The Kier molecular flexibility index (Phi) is 4.94. The van der Waals surface area contributed by atoms with Crippen molar-refractivity contribution < 1.29 is 0 Å². The van der Waals surface area contributed by atoms with Gasteiger partial charge in [0.15, 0.2) is 5.11 Å². The Labute approximate surface area is 165 Å². The smallest absolute Gasteiger partial charge is 0.170 e. The molecule has 0 amide bonds. The van der Waals surface area contributed by atoms with Crippen LogP contribution in [0.2, 0.25) is 0 Å². The second-order valence-corrected chi connectivity index (χ2v) is 7.35. The molecule has 1 fully saturated rings. The van der Waals surface area contributed by atoms with Crippen LogP contribution >= 0.6 is 12.2 Å². The Morgan fingerprint density at radius 1 is 1.07 bits per heavy atom. The largest absolute Gasteiger partial charge is 0.352 e. The molecule has 1 aromatic carbocycles. The van der Waals surface area contributed by atoms with Crippen molar-refractivity contribution in [2.75, 3.05) is 6.54 Å². The molecule has 1 aliphatic heterocycles. The molecule has 3 heterocycles. The normalized spacial score (nSPS) is 19.3. The lowest BCUT2D eigenvalue weighted by atomic mass is 10.0. The Balaban J connectivity index is 1.80. The number of aromatic nitrogens is 2. The Morgan fingerprint density at radius 2 is 1.89 bits per heavy atom. The van der Waals surface area contributed by atoms with E-state index in [4.69, 9.17) is 12.2 Å². The molecule has 1 aliphatic rings. The van der Waals surface area contributed by atoms with Gasteiger partial charge in [0.1, 0.15) is 0 Å².